The minimum atomic E-state index is -0.525. The zero-order chi connectivity index (χ0) is 17.5. The molecule has 9 heteroatoms. The Bertz CT molecular complexity index is 723. The van der Waals surface area contributed by atoms with Gasteiger partial charge in [-0.15, -0.1) is 12.4 Å². The summed E-state index contributed by atoms with van der Waals surface area (Å²) in [6, 6.07) is 6.57. The molecule has 0 saturated heterocycles. The Kier molecular flexibility index (Phi) is 8.27. The van der Waals surface area contributed by atoms with Crippen molar-refractivity contribution in [1.82, 2.24) is 15.3 Å². The van der Waals surface area contributed by atoms with E-state index in [1.54, 1.807) is 24.3 Å². The van der Waals surface area contributed by atoms with Crippen molar-refractivity contribution in [3.63, 3.8) is 0 Å². The first-order valence-electron chi connectivity index (χ1n) is 7.39. The average Bonchev–Trinajstić information content (AvgIpc) is 2.56. The summed E-state index contributed by atoms with van der Waals surface area (Å²) in [7, 11) is 0. The summed E-state index contributed by atoms with van der Waals surface area (Å²) in [4.78, 5) is 32.5. The number of rotatable bonds is 6. The first kappa shape index (κ1) is 20.8. The van der Waals surface area contributed by atoms with E-state index in [1.165, 1.54) is 12.4 Å². The number of nitrogens with zero attached hydrogens (tertiary/aromatic N) is 2. The lowest BCUT2D eigenvalue weighted by Gasteiger charge is -2.10. The Morgan fingerprint density at radius 2 is 1.68 bits per heavy atom. The van der Waals surface area contributed by atoms with Crippen LogP contribution < -0.4 is 16.4 Å². The van der Waals surface area contributed by atoms with Crippen molar-refractivity contribution < 1.29 is 9.59 Å². The number of nitrogens with one attached hydrogen (secondary N) is 2. The van der Waals surface area contributed by atoms with Crippen molar-refractivity contribution in [2.75, 3.05) is 11.9 Å². The molecule has 2 amide bonds. The monoisotopic (exact) mass is 383 g/mol. The molecule has 0 saturated carbocycles. The Hall–Kier alpha value is -2.22. The Labute approximate surface area is 156 Å². The first-order valence-corrected chi connectivity index (χ1v) is 7.77. The highest BCUT2D eigenvalue weighted by molar-refractivity contribution is 6.30. The summed E-state index contributed by atoms with van der Waals surface area (Å²) >= 11 is 5.81. The van der Waals surface area contributed by atoms with Gasteiger partial charge in [0, 0.05) is 35.7 Å². The maximum absolute atomic E-state index is 12.4. The quantitative estimate of drug-likeness (QED) is 0.708. The molecule has 0 bridgehead atoms. The van der Waals surface area contributed by atoms with Gasteiger partial charge in [0.1, 0.15) is 0 Å². The van der Waals surface area contributed by atoms with Crippen LogP contribution in [-0.2, 0) is 0 Å². The van der Waals surface area contributed by atoms with E-state index in [0.717, 1.165) is 0 Å². The molecule has 1 aromatic carbocycles. The van der Waals surface area contributed by atoms with Crippen LogP contribution in [0, 0.1) is 0 Å². The maximum Gasteiger partial charge on any atom is 0.276 e. The summed E-state index contributed by atoms with van der Waals surface area (Å²) < 4.78 is 0. The van der Waals surface area contributed by atoms with Crippen molar-refractivity contribution in [2.24, 2.45) is 5.73 Å². The topological polar surface area (TPSA) is 110 Å². The second-order valence-corrected chi connectivity index (χ2v) is 5.67. The van der Waals surface area contributed by atoms with Crippen molar-refractivity contribution in [3.05, 3.63) is 53.1 Å². The molecule has 7 nitrogen and oxygen atoms in total. The van der Waals surface area contributed by atoms with Gasteiger partial charge in [-0.2, -0.15) is 0 Å². The lowest BCUT2D eigenvalue weighted by atomic mass is 10.2. The van der Waals surface area contributed by atoms with E-state index in [2.05, 4.69) is 20.6 Å². The molecule has 2 aromatic rings. The normalized spacial score (nSPS) is 11.2. The number of nitrogens with two attached hydrogens (primary N) is 1. The number of anilines is 1. The molecule has 0 aliphatic heterocycles. The van der Waals surface area contributed by atoms with Gasteiger partial charge in [-0.3, -0.25) is 9.59 Å². The summed E-state index contributed by atoms with van der Waals surface area (Å²) in [6.07, 6.45) is 3.34. The third kappa shape index (κ3) is 6.30. The second kappa shape index (κ2) is 9.93. The fraction of sp³-hybridized carbons (Fsp3) is 0.250. The van der Waals surface area contributed by atoms with Crippen molar-refractivity contribution in [3.8, 4) is 0 Å². The van der Waals surface area contributed by atoms with E-state index >= 15 is 0 Å². The molecular formula is C16H19Cl2N5O2. The largest absolute Gasteiger partial charge is 0.351 e. The molecule has 0 aliphatic rings. The van der Waals surface area contributed by atoms with Crippen LogP contribution >= 0.6 is 24.0 Å². The molecular weight excluding hydrogens is 365 g/mol. The van der Waals surface area contributed by atoms with Gasteiger partial charge in [0.05, 0.1) is 0 Å². The van der Waals surface area contributed by atoms with E-state index in [9.17, 15) is 9.59 Å². The van der Waals surface area contributed by atoms with E-state index in [0.29, 0.717) is 23.7 Å². The minimum absolute atomic E-state index is 0. The van der Waals surface area contributed by atoms with Crippen LogP contribution in [0.5, 0.6) is 0 Å². The summed E-state index contributed by atoms with van der Waals surface area (Å²) in [5.41, 5.74) is 6.10. The SMILES string of the molecule is CC(N)CCNC(=O)c1nccnc1C(=O)Nc1ccc(Cl)cc1.Cl. The second-order valence-electron chi connectivity index (χ2n) is 5.24. The minimum Gasteiger partial charge on any atom is -0.351 e. The number of benzene rings is 1. The van der Waals surface area contributed by atoms with Crippen molar-refractivity contribution in [2.45, 2.75) is 19.4 Å². The number of hydrogen-bond acceptors (Lipinski definition) is 5. The molecule has 0 aliphatic carbocycles. The fourth-order valence-corrected chi connectivity index (χ4v) is 2.02. The molecule has 1 aromatic heterocycles. The lowest BCUT2D eigenvalue weighted by Crippen LogP contribution is -2.31. The first-order chi connectivity index (χ1) is 11.5. The zero-order valence-electron chi connectivity index (χ0n) is 13.5. The third-order valence-corrected chi connectivity index (χ3v) is 3.37. The van der Waals surface area contributed by atoms with Gasteiger partial charge in [-0.25, -0.2) is 9.97 Å². The molecule has 1 heterocycles. The molecule has 0 radical (unpaired) electrons. The van der Waals surface area contributed by atoms with Gasteiger partial charge in [0.15, 0.2) is 11.4 Å². The van der Waals surface area contributed by atoms with Crippen LogP contribution in [0.4, 0.5) is 5.69 Å². The van der Waals surface area contributed by atoms with Gasteiger partial charge in [-0.05, 0) is 37.6 Å². The average molecular weight is 384 g/mol. The fourth-order valence-electron chi connectivity index (χ4n) is 1.89. The summed E-state index contributed by atoms with van der Waals surface area (Å²) in [5.74, 6) is -0.993. The number of halogens is 2. The molecule has 0 fully saturated rings. The predicted octanol–water partition coefficient (Wildman–Crippen LogP) is 2.27. The van der Waals surface area contributed by atoms with Gasteiger partial charge in [-0.1, -0.05) is 11.6 Å². The molecule has 134 valence electrons. The van der Waals surface area contributed by atoms with E-state index in [4.69, 9.17) is 17.3 Å². The summed E-state index contributed by atoms with van der Waals surface area (Å²) in [5, 5.41) is 5.89. The standard InChI is InChI=1S/C16H18ClN5O2.ClH/c1-10(18)6-7-21-15(23)13-14(20-9-8-19-13)16(24)22-12-4-2-11(17)3-5-12;/h2-5,8-10H,6-7,18H2,1H3,(H,21,23)(H,22,24);1H. The van der Waals surface area contributed by atoms with Crippen LogP contribution in [0.2, 0.25) is 5.02 Å². The van der Waals surface area contributed by atoms with Crippen molar-refractivity contribution in [1.29, 1.82) is 0 Å². The van der Waals surface area contributed by atoms with Gasteiger partial charge < -0.3 is 16.4 Å². The van der Waals surface area contributed by atoms with Crippen LogP contribution in [0.3, 0.4) is 0 Å². The van der Waals surface area contributed by atoms with Gasteiger partial charge in [0.25, 0.3) is 11.8 Å². The Morgan fingerprint density at radius 3 is 2.24 bits per heavy atom. The number of amides is 2. The molecule has 4 N–H and O–H groups in total. The maximum atomic E-state index is 12.4. The van der Waals surface area contributed by atoms with Gasteiger partial charge >= 0.3 is 0 Å². The third-order valence-electron chi connectivity index (χ3n) is 3.12. The molecule has 1 unspecified atom stereocenters. The van der Waals surface area contributed by atoms with E-state index < -0.39 is 11.8 Å². The molecule has 0 spiro atoms. The zero-order valence-corrected chi connectivity index (χ0v) is 15.1. The van der Waals surface area contributed by atoms with Crippen molar-refractivity contribution >= 4 is 41.5 Å². The number of carbonyl (C=O) groups is 2. The number of hydrogen-bond donors (Lipinski definition) is 3. The van der Waals surface area contributed by atoms with Crippen LogP contribution in [0.1, 0.15) is 34.3 Å². The Morgan fingerprint density at radius 1 is 1.12 bits per heavy atom. The molecule has 25 heavy (non-hydrogen) atoms. The highest BCUT2D eigenvalue weighted by atomic mass is 35.5. The number of carbonyl (C=O) groups excluding carboxylic acids is 2. The van der Waals surface area contributed by atoms with E-state index in [1.807, 2.05) is 6.92 Å². The highest BCUT2D eigenvalue weighted by Crippen LogP contribution is 2.14. The lowest BCUT2D eigenvalue weighted by molar-refractivity contribution is 0.0932. The predicted molar refractivity (Wildman–Crippen MR) is 99.3 cm³/mol. The van der Waals surface area contributed by atoms with Crippen LogP contribution in [-0.4, -0.2) is 34.4 Å². The highest BCUT2D eigenvalue weighted by Gasteiger charge is 2.20. The number of aromatic nitrogens is 2. The van der Waals surface area contributed by atoms with E-state index in [-0.39, 0.29) is 29.8 Å². The Balaban J connectivity index is 0.00000312. The van der Waals surface area contributed by atoms with Crippen LogP contribution in [0.25, 0.3) is 0 Å². The smallest absolute Gasteiger partial charge is 0.276 e. The molecule has 2 rings (SSSR count). The van der Waals surface area contributed by atoms with Crippen LogP contribution in [0.15, 0.2) is 36.7 Å². The van der Waals surface area contributed by atoms with Gasteiger partial charge in [0.2, 0.25) is 0 Å². The summed E-state index contributed by atoms with van der Waals surface area (Å²) in [6.45, 7) is 2.24. The molecule has 1 atom stereocenters.